The summed E-state index contributed by atoms with van der Waals surface area (Å²) in [5, 5.41) is 2.47. The van der Waals surface area contributed by atoms with Crippen molar-refractivity contribution >= 4 is 59.0 Å². The lowest BCUT2D eigenvalue weighted by Gasteiger charge is -2.24. The molecule has 1 unspecified atom stereocenters. The molecule has 0 radical (unpaired) electrons. The van der Waals surface area contributed by atoms with E-state index in [-0.39, 0.29) is 52.3 Å². The molecule has 0 saturated carbocycles. The minimum atomic E-state index is -4.72. The number of nitrogens with zero attached hydrogens (tertiary/aromatic N) is 2. The number of ketones is 1. The number of rotatable bonds is 11. The lowest BCUT2D eigenvalue weighted by Crippen LogP contribution is -2.46. The summed E-state index contributed by atoms with van der Waals surface area (Å²) in [5.74, 6) is -3.26. The van der Waals surface area contributed by atoms with Crippen LogP contribution >= 0.6 is 19.2 Å². The van der Waals surface area contributed by atoms with Crippen LogP contribution in [0.4, 0.5) is 8.78 Å². The predicted octanol–water partition coefficient (Wildman–Crippen LogP) is 4.61. The van der Waals surface area contributed by atoms with Gasteiger partial charge in [0.05, 0.1) is 27.8 Å². The van der Waals surface area contributed by atoms with E-state index in [1.807, 2.05) is 0 Å². The van der Waals surface area contributed by atoms with Crippen molar-refractivity contribution in [3.8, 4) is 0 Å². The molecule has 2 aromatic carbocycles. The van der Waals surface area contributed by atoms with E-state index >= 15 is 0 Å². The molecule has 2 heterocycles. The van der Waals surface area contributed by atoms with Crippen molar-refractivity contribution in [1.29, 1.82) is 0 Å². The molecular weight excluding hydrogens is 635 g/mol. The van der Waals surface area contributed by atoms with E-state index in [1.54, 1.807) is 20.8 Å². The molecule has 1 fully saturated rings. The highest BCUT2D eigenvalue weighted by atomic mass is 35.5. The van der Waals surface area contributed by atoms with Crippen molar-refractivity contribution < 1.29 is 47.0 Å². The minimum Gasteiger partial charge on any atom is -0.350 e. The third-order valence-electron chi connectivity index (χ3n) is 7.89. The molecular formula is C30H33ClF2N3O8P. The van der Waals surface area contributed by atoms with Crippen LogP contribution in [0.25, 0.3) is 10.9 Å². The summed E-state index contributed by atoms with van der Waals surface area (Å²) in [6, 6.07) is 6.96. The Labute approximate surface area is 262 Å². The molecule has 1 aliphatic heterocycles. The van der Waals surface area contributed by atoms with Crippen molar-refractivity contribution in [1.82, 2.24) is 14.8 Å². The molecule has 1 saturated heterocycles. The third kappa shape index (κ3) is 7.44. The van der Waals surface area contributed by atoms with Crippen LogP contribution in [0.1, 0.15) is 56.5 Å². The van der Waals surface area contributed by atoms with E-state index in [0.717, 1.165) is 4.90 Å². The Morgan fingerprint density at radius 2 is 1.91 bits per heavy atom. The number of nitrogens with one attached hydrogen (secondary N) is 1. The molecule has 0 aliphatic carbocycles. The van der Waals surface area contributed by atoms with Crippen molar-refractivity contribution in [3.05, 3.63) is 64.6 Å². The maximum Gasteiger partial charge on any atom is 0.396 e. The molecule has 11 nitrogen and oxygen atoms in total. The zero-order chi connectivity index (χ0) is 33.3. The molecule has 2 amide bonds. The van der Waals surface area contributed by atoms with Gasteiger partial charge in [-0.1, -0.05) is 41.4 Å². The smallest absolute Gasteiger partial charge is 0.350 e. The second-order valence-electron chi connectivity index (χ2n) is 11.5. The number of fused-ring (bicyclic) bond motifs is 1. The van der Waals surface area contributed by atoms with E-state index in [9.17, 15) is 37.4 Å². The van der Waals surface area contributed by atoms with Gasteiger partial charge in [0.1, 0.15) is 24.6 Å². The summed E-state index contributed by atoms with van der Waals surface area (Å²) in [4.78, 5) is 67.4. The van der Waals surface area contributed by atoms with E-state index in [2.05, 4.69) is 14.9 Å². The van der Waals surface area contributed by atoms with Gasteiger partial charge >= 0.3 is 13.6 Å². The fourth-order valence-electron chi connectivity index (χ4n) is 4.78. The Balaban J connectivity index is 1.56. The Hall–Kier alpha value is -3.64. The molecule has 3 aromatic rings. The standard InChI is InChI=1S/C30H33ClF2N3O8P/c1-5-30(3,4)29(40)43-44-45(41,42)20-9-10-21-22(17(2)37)15-35(24(21)12-20)16-26(38)36-14-19(32)11-25(36)28(39)34-13-18-7-6-8-23(31)27(18)33/h6-10,12,15,19,25H,5,11,13-14,16H2,1-4H3,(H,34,39)(H,41,42)/t19-,25+/m1/s1. The largest absolute Gasteiger partial charge is 0.396 e. The van der Waals surface area contributed by atoms with Crippen LogP contribution in [0.5, 0.6) is 0 Å². The summed E-state index contributed by atoms with van der Waals surface area (Å²) < 4.78 is 47.8. The van der Waals surface area contributed by atoms with Crippen LogP contribution in [0, 0.1) is 11.2 Å². The molecule has 2 N–H and O–H groups in total. The first kappa shape index (κ1) is 34.2. The highest BCUT2D eigenvalue weighted by molar-refractivity contribution is 7.61. The second-order valence-corrected chi connectivity index (χ2v) is 13.6. The number of carbonyl (C=O) groups excluding carboxylic acids is 4. The van der Waals surface area contributed by atoms with Crippen LogP contribution in [-0.4, -0.2) is 56.7 Å². The highest BCUT2D eigenvalue weighted by Gasteiger charge is 2.40. The summed E-state index contributed by atoms with van der Waals surface area (Å²) in [7, 11) is -4.72. The Kier molecular flexibility index (Phi) is 10.2. The van der Waals surface area contributed by atoms with Gasteiger partial charge in [-0.05, 0) is 45.4 Å². The van der Waals surface area contributed by atoms with Gasteiger partial charge < -0.3 is 19.7 Å². The van der Waals surface area contributed by atoms with Crippen molar-refractivity contribution in [3.63, 3.8) is 0 Å². The van der Waals surface area contributed by atoms with Crippen LogP contribution in [0.3, 0.4) is 0 Å². The van der Waals surface area contributed by atoms with Crippen molar-refractivity contribution in [2.75, 3.05) is 6.54 Å². The van der Waals surface area contributed by atoms with Crippen LogP contribution < -0.4 is 10.6 Å². The number of halogens is 3. The first-order valence-electron chi connectivity index (χ1n) is 14.1. The monoisotopic (exact) mass is 667 g/mol. The van der Waals surface area contributed by atoms with Gasteiger partial charge in [0, 0.05) is 35.7 Å². The lowest BCUT2D eigenvalue weighted by molar-refractivity contribution is -0.226. The van der Waals surface area contributed by atoms with Crippen LogP contribution in [0.15, 0.2) is 42.6 Å². The van der Waals surface area contributed by atoms with Gasteiger partial charge in [-0.15, -0.1) is 0 Å². The topological polar surface area (TPSA) is 144 Å². The van der Waals surface area contributed by atoms with E-state index in [4.69, 9.17) is 11.6 Å². The van der Waals surface area contributed by atoms with Gasteiger partial charge in [-0.25, -0.2) is 13.6 Å². The zero-order valence-electron chi connectivity index (χ0n) is 25.0. The van der Waals surface area contributed by atoms with Gasteiger partial charge in [0.15, 0.2) is 5.78 Å². The number of carbonyl (C=O) groups is 4. The van der Waals surface area contributed by atoms with Gasteiger partial charge in [-0.3, -0.25) is 23.8 Å². The minimum absolute atomic E-state index is 0.115. The van der Waals surface area contributed by atoms with Crippen molar-refractivity contribution in [2.45, 2.75) is 65.8 Å². The van der Waals surface area contributed by atoms with Crippen LogP contribution in [-0.2, 0) is 41.6 Å². The van der Waals surface area contributed by atoms with E-state index in [1.165, 1.54) is 54.1 Å². The number of amides is 2. The summed E-state index contributed by atoms with van der Waals surface area (Å²) in [5.41, 5.74) is -0.456. The number of hydrogen-bond donors (Lipinski definition) is 2. The van der Waals surface area contributed by atoms with Crippen LogP contribution in [0.2, 0.25) is 5.02 Å². The Bertz CT molecular complexity index is 1710. The molecule has 242 valence electrons. The zero-order valence-corrected chi connectivity index (χ0v) is 26.7. The van der Waals surface area contributed by atoms with Gasteiger partial charge in [0.2, 0.25) is 11.8 Å². The fourth-order valence-corrected chi connectivity index (χ4v) is 5.78. The number of Topliss-reactive ketones (excluding diaryl/α,β-unsaturated/α-hetero) is 1. The molecule has 1 aliphatic rings. The molecule has 4 rings (SSSR count). The SMILES string of the molecule is CCC(C)(C)C(=O)OOP(=O)(O)c1ccc2c(C(C)=O)cn(CC(=O)N3C[C@H](F)C[C@H]3C(=O)NCc3cccc(Cl)c3F)c2c1. The third-order valence-corrected chi connectivity index (χ3v) is 9.38. The Morgan fingerprint density at radius 3 is 2.58 bits per heavy atom. The molecule has 15 heteroatoms. The van der Waals surface area contributed by atoms with Gasteiger partial charge in [-0.2, -0.15) is 0 Å². The first-order chi connectivity index (χ1) is 21.1. The average Bonchev–Trinajstić information content (AvgIpc) is 3.57. The van der Waals surface area contributed by atoms with E-state index in [0.29, 0.717) is 11.8 Å². The molecule has 0 spiro atoms. The first-order valence-corrected chi connectivity index (χ1v) is 16.0. The second kappa shape index (κ2) is 13.4. The van der Waals surface area contributed by atoms with E-state index < -0.39 is 55.4 Å². The number of hydrogen-bond acceptors (Lipinski definition) is 7. The molecule has 1 aromatic heterocycles. The van der Waals surface area contributed by atoms with Crippen molar-refractivity contribution in [2.24, 2.45) is 5.41 Å². The fraction of sp³-hybridized carbons (Fsp3) is 0.400. The highest BCUT2D eigenvalue weighted by Crippen LogP contribution is 2.42. The summed E-state index contributed by atoms with van der Waals surface area (Å²) in [6.07, 6.45) is -0.00766. The Morgan fingerprint density at radius 1 is 1.20 bits per heavy atom. The number of aromatic nitrogens is 1. The molecule has 0 bridgehead atoms. The molecule has 3 atom stereocenters. The maximum absolute atomic E-state index is 14.5. The number of benzene rings is 2. The lowest BCUT2D eigenvalue weighted by atomic mass is 9.91. The number of likely N-dealkylation sites (tertiary alicyclic amines) is 1. The average molecular weight is 668 g/mol. The maximum atomic E-state index is 14.5. The quantitative estimate of drug-likeness (QED) is 0.131. The summed E-state index contributed by atoms with van der Waals surface area (Å²) >= 11 is 5.79. The summed E-state index contributed by atoms with van der Waals surface area (Å²) in [6.45, 7) is 5.15. The number of alkyl halides is 1. The molecule has 45 heavy (non-hydrogen) atoms. The van der Waals surface area contributed by atoms with Gasteiger partial charge in [0.25, 0.3) is 0 Å². The predicted molar refractivity (Wildman–Crippen MR) is 161 cm³/mol. The normalized spacial score (nSPS) is 18.1.